The van der Waals surface area contributed by atoms with Gasteiger partial charge in [-0.25, -0.2) is 0 Å². The van der Waals surface area contributed by atoms with Crippen molar-refractivity contribution in [3.8, 4) is 5.75 Å². The number of hydrogen-bond donors (Lipinski definition) is 1. The van der Waals surface area contributed by atoms with Crippen LogP contribution in [0.2, 0.25) is 5.02 Å². The molecule has 0 aliphatic carbocycles. The highest BCUT2D eigenvalue weighted by atomic mass is 35.5. The number of nitrogens with one attached hydrogen (secondary N) is 1. The van der Waals surface area contributed by atoms with Gasteiger partial charge in [0, 0.05) is 36.3 Å². The molecule has 1 amide bonds. The Hall–Kier alpha value is -1.52. The summed E-state index contributed by atoms with van der Waals surface area (Å²) in [5.41, 5.74) is 1.56. The highest BCUT2D eigenvalue weighted by Crippen LogP contribution is 2.29. The summed E-state index contributed by atoms with van der Waals surface area (Å²) in [4.78, 5) is 14.5. The Morgan fingerprint density at radius 1 is 1.50 bits per heavy atom. The van der Waals surface area contributed by atoms with Crippen LogP contribution < -0.4 is 10.1 Å². The first-order valence-corrected chi connectivity index (χ1v) is 7.17. The minimum Gasteiger partial charge on any atom is -0.488 e. The Morgan fingerprint density at radius 2 is 2.35 bits per heavy atom. The molecule has 3 rings (SSSR count). The van der Waals surface area contributed by atoms with Crippen LogP contribution in [0.15, 0.2) is 23.8 Å². The lowest BCUT2D eigenvalue weighted by molar-refractivity contribution is -0.130. The molecule has 1 unspecified atom stereocenters. The molecule has 2 aliphatic rings. The van der Waals surface area contributed by atoms with Crippen LogP contribution in [0.25, 0.3) is 6.08 Å². The van der Waals surface area contributed by atoms with Gasteiger partial charge in [0.1, 0.15) is 12.4 Å². The molecule has 106 valence electrons. The van der Waals surface area contributed by atoms with Gasteiger partial charge in [-0.1, -0.05) is 11.6 Å². The predicted octanol–water partition coefficient (Wildman–Crippen LogP) is 1.94. The first kappa shape index (κ1) is 13.5. The van der Waals surface area contributed by atoms with Gasteiger partial charge in [-0.05, 0) is 31.2 Å². The number of benzene rings is 1. The van der Waals surface area contributed by atoms with Crippen LogP contribution in [-0.2, 0) is 4.79 Å². The fourth-order valence-electron chi connectivity index (χ4n) is 2.60. The van der Waals surface area contributed by atoms with Gasteiger partial charge in [0.25, 0.3) is 5.91 Å². The van der Waals surface area contributed by atoms with Crippen molar-refractivity contribution in [1.82, 2.24) is 10.2 Å². The molecular weight excluding hydrogens is 276 g/mol. The largest absolute Gasteiger partial charge is 0.488 e. The first-order chi connectivity index (χ1) is 9.65. The number of carbonyl (C=O) groups excluding carboxylic acids is 1. The molecule has 0 spiro atoms. The van der Waals surface area contributed by atoms with E-state index in [4.69, 9.17) is 16.3 Å². The Morgan fingerprint density at radius 3 is 3.15 bits per heavy atom. The highest BCUT2D eigenvalue weighted by molar-refractivity contribution is 6.30. The van der Waals surface area contributed by atoms with Crippen molar-refractivity contribution in [2.75, 3.05) is 26.2 Å². The van der Waals surface area contributed by atoms with Crippen LogP contribution in [-0.4, -0.2) is 43.1 Å². The smallest absolute Gasteiger partial charge is 0.253 e. The van der Waals surface area contributed by atoms with Crippen molar-refractivity contribution >= 4 is 23.6 Å². The standard InChI is InChI=1S/C15H17ClN2O2/c1-10-8-17-4-5-18(10)15(19)12-6-11-7-13(16)2-3-14(11)20-9-12/h2-3,6-7,10,17H,4-5,8-9H2,1H3. The second kappa shape index (κ2) is 5.46. The van der Waals surface area contributed by atoms with E-state index >= 15 is 0 Å². The maximum atomic E-state index is 12.6. The minimum atomic E-state index is 0.0598. The van der Waals surface area contributed by atoms with Crippen molar-refractivity contribution in [2.45, 2.75) is 13.0 Å². The van der Waals surface area contributed by atoms with E-state index in [2.05, 4.69) is 12.2 Å². The summed E-state index contributed by atoms with van der Waals surface area (Å²) in [5, 5.41) is 3.93. The van der Waals surface area contributed by atoms with Crippen molar-refractivity contribution in [1.29, 1.82) is 0 Å². The summed E-state index contributed by atoms with van der Waals surface area (Å²) in [6.07, 6.45) is 1.89. The number of hydrogen-bond acceptors (Lipinski definition) is 3. The van der Waals surface area contributed by atoms with Crippen LogP contribution in [0, 0.1) is 0 Å². The van der Waals surface area contributed by atoms with E-state index in [0.717, 1.165) is 30.9 Å². The zero-order valence-electron chi connectivity index (χ0n) is 11.4. The SMILES string of the molecule is CC1CNCCN1C(=O)C1=Cc2cc(Cl)ccc2OC1. The molecule has 0 bridgehead atoms. The Balaban J connectivity index is 1.85. The van der Waals surface area contributed by atoms with Crippen LogP contribution in [0.5, 0.6) is 5.75 Å². The molecule has 1 fully saturated rings. The maximum Gasteiger partial charge on any atom is 0.253 e. The average molecular weight is 293 g/mol. The number of amides is 1. The number of halogens is 1. The normalized spacial score (nSPS) is 21.8. The Kier molecular flexibility index (Phi) is 3.68. The third-order valence-corrected chi connectivity index (χ3v) is 3.96. The van der Waals surface area contributed by atoms with Crippen LogP contribution >= 0.6 is 11.6 Å². The van der Waals surface area contributed by atoms with Gasteiger partial charge in [-0.2, -0.15) is 0 Å². The summed E-state index contributed by atoms with van der Waals surface area (Å²) < 4.78 is 5.65. The summed E-state index contributed by atoms with van der Waals surface area (Å²) in [6.45, 7) is 4.79. The maximum absolute atomic E-state index is 12.6. The molecule has 0 saturated carbocycles. The second-order valence-corrected chi connectivity index (χ2v) is 5.63. The lowest BCUT2D eigenvalue weighted by Gasteiger charge is -2.35. The molecule has 2 aliphatic heterocycles. The Labute approximate surface area is 123 Å². The van der Waals surface area contributed by atoms with Crippen LogP contribution in [0.3, 0.4) is 0 Å². The van der Waals surface area contributed by atoms with Crippen LogP contribution in [0.4, 0.5) is 0 Å². The fourth-order valence-corrected chi connectivity index (χ4v) is 2.78. The third-order valence-electron chi connectivity index (χ3n) is 3.72. The summed E-state index contributed by atoms with van der Waals surface area (Å²) in [5.74, 6) is 0.837. The van der Waals surface area contributed by atoms with E-state index in [0.29, 0.717) is 17.2 Å². The molecule has 1 saturated heterocycles. The van der Waals surface area contributed by atoms with Crippen molar-refractivity contribution in [3.63, 3.8) is 0 Å². The van der Waals surface area contributed by atoms with Gasteiger partial charge in [0.05, 0.1) is 5.57 Å². The lowest BCUT2D eigenvalue weighted by atomic mass is 10.1. The monoisotopic (exact) mass is 292 g/mol. The van der Waals surface area contributed by atoms with Gasteiger partial charge >= 0.3 is 0 Å². The summed E-state index contributed by atoms with van der Waals surface area (Å²) in [7, 11) is 0. The minimum absolute atomic E-state index is 0.0598. The quantitative estimate of drug-likeness (QED) is 0.860. The van der Waals surface area contributed by atoms with Crippen molar-refractivity contribution < 1.29 is 9.53 Å². The molecule has 1 atom stereocenters. The first-order valence-electron chi connectivity index (χ1n) is 6.80. The molecule has 1 aromatic carbocycles. The van der Waals surface area contributed by atoms with Crippen molar-refractivity contribution in [2.24, 2.45) is 0 Å². The van der Waals surface area contributed by atoms with E-state index in [9.17, 15) is 4.79 Å². The fraction of sp³-hybridized carbons (Fsp3) is 0.400. The molecule has 1 N–H and O–H groups in total. The highest BCUT2D eigenvalue weighted by Gasteiger charge is 2.27. The molecule has 4 nitrogen and oxygen atoms in total. The number of fused-ring (bicyclic) bond motifs is 1. The van der Waals surface area contributed by atoms with E-state index in [1.165, 1.54) is 0 Å². The Bertz CT molecular complexity index is 571. The van der Waals surface area contributed by atoms with E-state index < -0.39 is 0 Å². The number of ether oxygens (including phenoxy) is 1. The van der Waals surface area contributed by atoms with E-state index in [1.54, 1.807) is 6.07 Å². The topological polar surface area (TPSA) is 41.6 Å². The van der Waals surface area contributed by atoms with E-state index in [1.807, 2.05) is 23.1 Å². The summed E-state index contributed by atoms with van der Waals surface area (Å²) in [6, 6.07) is 5.66. The zero-order chi connectivity index (χ0) is 14.1. The second-order valence-electron chi connectivity index (χ2n) is 5.19. The zero-order valence-corrected chi connectivity index (χ0v) is 12.1. The van der Waals surface area contributed by atoms with Gasteiger partial charge < -0.3 is 15.0 Å². The summed E-state index contributed by atoms with van der Waals surface area (Å²) >= 11 is 5.99. The number of carbonyl (C=O) groups is 1. The van der Waals surface area contributed by atoms with Crippen LogP contribution in [0.1, 0.15) is 12.5 Å². The lowest BCUT2D eigenvalue weighted by Crippen LogP contribution is -2.53. The molecular formula is C15H17ClN2O2. The van der Waals surface area contributed by atoms with Crippen molar-refractivity contribution in [3.05, 3.63) is 34.4 Å². The third kappa shape index (κ3) is 2.53. The molecule has 0 radical (unpaired) electrons. The predicted molar refractivity (Wildman–Crippen MR) is 79.0 cm³/mol. The number of piperazine rings is 1. The average Bonchev–Trinajstić information content (AvgIpc) is 2.46. The molecule has 1 aromatic rings. The van der Waals surface area contributed by atoms with Gasteiger partial charge in [0.2, 0.25) is 0 Å². The van der Waals surface area contributed by atoms with E-state index in [-0.39, 0.29) is 11.9 Å². The van der Waals surface area contributed by atoms with Gasteiger partial charge in [-0.15, -0.1) is 0 Å². The molecule has 2 heterocycles. The molecule has 5 heteroatoms. The van der Waals surface area contributed by atoms with Gasteiger partial charge in [0.15, 0.2) is 0 Å². The molecule has 20 heavy (non-hydrogen) atoms. The molecule has 0 aromatic heterocycles. The number of nitrogens with zero attached hydrogens (tertiary/aromatic N) is 1. The number of rotatable bonds is 1. The van der Waals surface area contributed by atoms with Gasteiger partial charge in [-0.3, -0.25) is 4.79 Å².